The van der Waals surface area contributed by atoms with Crippen LogP contribution in [0.5, 0.6) is 11.5 Å². The Morgan fingerprint density at radius 2 is 2.00 bits per heavy atom. The summed E-state index contributed by atoms with van der Waals surface area (Å²) in [6.45, 7) is 0. The minimum atomic E-state index is -0.414. The van der Waals surface area contributed by atoms with Crippen LogP contribution in [0.25, 0.3) is 6.08 Å². The van der Waals surface area contributed by atoms with Gasteiger partial charge in [0.2, 0.25) is 0 Å². The van der Waals surface area contributed by atoms with Crippen LogP contribution in [0, 0.1) is 5.92 Å². The van der Waals surface area contributed by atoms with Crippen molar-refractivity contribution < 1.29 is 23.9 Å². The van der Waals surface area contributed by atoms with Gasteiger partial charge < -0.3 is 9.47 Å². The van der Waals surface area contributed by atoms with Crippen LogP contribution in [0.3, 0.4) is 0 Å². The number of thioether (sulfide) groups is 1. The molecule has 2 amide bonds. The highest BCUT2D eigenvalue weighted by atomic mass is 32.2. The van der Waals surface area contributed by atoms with Crippen LogP contribution in [0.1, 0.15) is 56.9 Å². The maximum atomic E-state index is 12.2. The van der Waals surface area contributed by atoms with E-state index >= 15 is 0 Å². The molecule has 7 heteroatoms. The molecule has 1 heterocycles. The second kappa shape index (κ2) is 9.78. The van der Waals surface area contributed by atoms with Crippen molar-refractivity contribution in [2.24, 2.45) is 5.92 Å². The molecule has 0 atom stereocenters. The lowest BCUT2D eigenvalue weighted by atomic mass is 9.86. The number of benzene rings is 1. The van der Waals surface area contributed by atoms with Crippen LogP contribution in [-0.2, 0) is 9.59 Å². The van der Waals surface area contributed by atoms with Gasteiger partial charge in [0.1, 0.15) is 0 Å². The third-order valence-electron chi connectivity index (χ3n) is 5.07. The molecule has 0 spiro atoms. The number of carbonyl (C=O) groups is 3. The first-order valence-corrected chi connectivity index (χ1v) is 10.5. The lowest BCUT2D eigenvalue weighted by Gasteiger charge is -2.21. The van der Waals surface area contributed by atoms with Crippen LogP contribution < -0.4 is 14.8 Å². The summed E-state index contributed by atoms with van der Waals surface area (Å²) in [5.74, 6) is 0.830. The fraction of sp³-hybridized carbons (Fsp3) is 0.476. The Kier molecular flexibility index (Phi) is 7.14. The smallest absolute Gasteiger partial charge is 0.311 e. The summed E-state index contributed by atoms with van der Waals surface area (Å²) in [6, 6.07) is 5.04. The van der Waals surface area contributed by atoms with E-state index in [1.807, 2.05) is 0 Å². The van der Waals surface area contributed by atoms with Gasteiger partial charge in [-0.15, -0.1) is 0 Å². The van der Waals surface area contributed by atoms with Crippen molar-refractivity contribution in [1.29, 1.82) is 0 Å². The molecule has 28 heavy (non-hydrogen) atoms. The summed E-state index contributed by atoms with van der Waals surface area (Å²) in [4.78, 5) is 35.4. The van der Waals surface area contributed by atoms with Crippen molar-refractivity contribution in [2.45, 2.75) is 51.4 Å². The Balaban J connectivity index is 1.56. The maximum Gasteiger partial charge on any atom is 0.311 e. The second-order valence-electron chi connectivity index (χ2n) is 7.13. The van der Waals surface area contributed by atoms with Gasteiger partial charge in [-0.25, -0.2) is 0 Å². The molecule has 2 aliphatic rings. The van der Waals surface area contributed by atoms with Gasteiger partial charge in [-0.1, -0.05) is 38.2 Å². The monoisotopic (exact) mass is 403 g/mol. The summed E-state index contributed by atoms with van der Waals surface area (Å²) in [5, 5.41) is 1.83. The third-order valence-corrected chi connectivity index (χ3v) is 5.88. The van der Waals surface area contributed by atoms with Crippen molar-refractivity contribution in [3.8, 4) is 11.5 Å². The summed E-state index contributed by atoms with van der Waals surface area (Å²) in [7, 11) is 1.49. The second-order valence-corrected chi connectivity index (χ2v) is 8.15. The maximum absolute atomic E-state index is 12.2. The van der Waals surface area contributed by atoms with Crippen LogP contribution in [0.4, 0.5) is 4.79 Å². The van der Waals surface area contributed by atoms with Crippen molar-refractivity contribution in [1.82, 2.24) is 5.32 Å². The van der Waals surface area contributed by atoms with E-state index in [9.17, 15) is 14.4 Å². The van der Waals surface area contributed by atoms with Gasteiger partial charge in [-0.3, -0.25) is 19.7 Å². The van der Waals surface area contributed by atoms with Crippen molar-refractivity contribution in [3.63, 3.8) is 0 Å². The third kappa shape index (κ3) is 5.61. The van der Waals surface area contributed by atoms with Crippen LogP contribution >= 0.6 is 11.8 Å². The van der Waals surface area contributed by atoms with Crippen molar-refractivity contribution in [3.05, 3.63) is 28.7 Å². The van der Waals surface area contributed by atoms with Crippen LogP contribution in [0.15, 0.2) is 23.1 Å². The molecule has 0 bridgehead atoms. The van der Waals surface area contributed by atoms with Crippen molar-refractivity contribution >= 4 is 35.0 Å². The van der Waals surface area contributed by atoms with Gasteiger partial charge in [0.15, 0.2) is 11.5 Å². The first-order chi connectivity index (χ1) is 13.5. The molecule has 1 aliphatic heterocycles. The number of rotatable bonds is 7. The highest BCUT2D eigenvalue weighted by molar-refractivity contribution is 8.18. The molecule has 1 aliphatic carbocycles. The lowest BCUT2D eigenvalue weighted by Crippen LogP contribution is -2.17. The Bertz CT molecular complexity index is 783. The summed E-state index contributed by atoms with van der Waals surface area (Å²) in [5.41, 5.74) is 0.682. The van der Waals surface area contributed by atoms with Gasteiger partial charge in [-0.2, -0.15) is 0 Å². The van der Waals surface area contributed by atoms with Gasteiger partial charge in [0.05, 0.1) is 12.0 Å². The Labute approximate surface area is 169 Å². The Hall–Kier alpha value is -2.28. The summed E-state index contributed by atoms with van der Waals surface area (Å²) in [6.07, 6.45) is 10.4. The minimum Gasteiger partial charge on any atom is -0.493 e. The largest absolute Gasteiger partial charge is 0.493 e. The predicted molar refractivity (Wildman–Crippen MR) is 108 cm³/mol. The van der Waals surface area contributed by atoms with Crippen molar-refractivity contribution in [2.75, 3.05) is 7.11 Å². The number of nitrogens with one attached hydrogen (secondary N) is 1. The molecule has 1 saturated carbocycles. The molecule has 3 rings (SSSR count). The zero-order valence-electron chi connectivity index (χ0n) is 16.0. The molecule has 2 fully saturated rings. The van der Waals surface area contributed by atoms with Crippen LogP contribution in [0.2, 0.25) is 0 Å². The number of ether oxygens (including phenoxy) is 2. The standard InChI is InChI=1S/C21H25NO5S/c1-26-17-12-15(13-18-20(24)22-21(25)28-18)10-11-16(17)27-19(23)9-5-8-14-6-3-2-4-7-14/h10-14H,2-9H2,1H3,(H,22,24,25)/b18-13-. The van der Waals surface area contributed by atoms with Gasteiger partial charge >= 0.3 is 5.97 Å². The highest BCUT2D eigenvalue weighted by Crippen LogP contribution is 2.32. The van der Waals surface area contributed by atoms with Gasteiger partial charge in [-0.05, 0) is 54.3 Å². The average molecular weight is 404 g/mol. The highest BCUT2D eigenvalue weighted by Gasteiger charge is 2.25. The first-order valence-electron chi connectivity index (χ1n) is 9.68. The molecule has 1 aromatic rings. The fourth-order valence-electron chi connectivity index (χ4n) is 3.62. The van der Waals surface area contributed by atoms with Gasteiger partial charge in [0.25, 0.3) is 11.1 Å². The normalized spacial score (nSPS) is 19.0. The molecule has 0 unspecified atom stereocenters. The van der Waals surface area contributed by atoms with E-state index in [1.165, 1.54) is 39.2 Å². The molecule has 1 aromatic carbocycles. The molecule has 1 N–H and O–H groups in total. The number of hydrogen-bond acceptors (Lipinski definition) is 6. The van der Waals surface area contributed by atoms with E-state index in [-0.39, 0.29) is 11.2 Å². The van der Waals surface area contributed by atoms with E-state index in [1.54, 1.807) is 24.3 Å². The SMILES string of the molecule is COc1cc(/C=C2\SC(=O)NC2=O)ccc1OC(=O)CCCC1CCCCC1. The molecule has 0 radical (unpaired) electrons. The number of hydrogen-bond donors (Lipinski definition) is 1. The fourth-order valence-corrected chi connectivity index (χ4v) is 4.30. The van der Waals surface area contributed by atoms with E-state index < -0.39 is 5.91 Å². The van der Waals surface area contributed by atoms with E-state index in [0.29, 0.717) is 28.4 Å². The number of methoxy groups -OCH3 is 1. The Morgan fingerprint density at radius 3 is 2.68 bits per heavy atom. The predicted octanol–water partition coefficient (Wildman–Crippen LogP) is 4.68. The topological polar surface area (TPSA) is 81.7 Å². The Morgan fingerprint density at radius 1 is 1.21 bits per heavy atom. The summed E-state index contributed by atoms with van der Waals surface area (Å²) >= 11 is 0.853. The van der Waals surface area contributed by atoms with E-state index in [2.05, 4.69) is 5.32 Å². The quantitative estimate of drug-likeness (QED) is 0.405. The lowest BCUT2D eigenvalue weighted by molar-refractivity contribution is -0.134. The molecule has 150 valence electrons. The van der Waals surface area contributed by atoms with Crippen LogP contribution in [-0.4, -0.2) is 24.2 Å². The number of amides is 2. The molecule has 1 saturated heterocycles. The zero-order chi connectivity index (χ0) is 19.9. The number of imide groups is 1. The first kappa shape index (κ1) is 20.5. The molecule has 6 nitrogen and oxygen atoms in total. The minimum absolute atomic E-state index is 0.267. The zero-order valence-corrected chi connectivity index (χ0v) is 16.8. The number of esters is 1. The average Bonchev–Trinajstić information content (AvgIpc) is 3.00. The van der Waals surface area contributed by atoms with E-state index in [4.69, 9.17) is 9.47 Å². The molecular weight excluding hydrogens is 378 g/mol. The van der Waals surface area contributed by atoms with E-state index in [0.717, 1.165) is 30.5 Å². The molecule has 0 aromatic heterocycles. The molecular formula is C21H25NO5S. The summed E-state index contributed by atoms with van der Waals surface area (Å²) < 4.78 is 10.8. The van der Waals surface area contributed by atoms with Gasteiger partial charge in [0, 0.05) is 6.42 Å². The number of carbonyl (C=O) groups excluding carboxylic acids is 3.